The molecule has 0 aliphatic carbocycles. The highest BCUT2D eigenvalue weighted by molar-refractivity contribution is 5.50. The van der Waals surface area contributed by atoms with E-state index in [0.29, 0.717) is 18.0 Å². The van der Waals surface area contributed by atoms with Gasteiger partial charge in [0.15, 0.2) is 0 Å². The van der Waals surface area contributed by atoms with Crippen molar-refractivity contribution in [1.29, 1.82) is 0 Å². The number of fused-ring (bicyclic) bond motifs is 2. The summed E-state index contributed by atoms with van der Waals surface area (Å²) in [4.78, 5) is 6.98. The SMILES string of the molecule is C/C=C/c1ccc(C2[C@@H]3CN(Cc4ccccn4)C[C@H]2N3)cc1. The van der Waals surface area contributed by atoms with Gasteiger partial charge < -0.3 is 5.32 Å². The Morgan fingerprint density at radius 3 is 2.57 bits per heavy atom. The first-order valence-corrected chi connectivity index (χ1v) is 8.44. The molecule has 3 fully saturated rings. The smallest absolute Gasteiger partial charge is 0.0543 e. The van der Waals surface area contributed by atoms with Crippen molar-refractivity contribution >= 4 is 6.08 Å². The van der Waals surface area contributed by atoms with Crippen LogP contribution in [-0.4, -0.2) is 35.1 Å². The fourth-order valence-electron chi connectivity index (χ4n) is 3.94. The molecular weight excluding hydrogens is 282 g/mol. The largest absolute Gasteiger partial charge is 0.307 e. The number of nitrogens with zero attached hydrogens (tertiary/aromatic N) is 2. The predicted molar refractivity (Wildman–Crippen MR) is 94.1 cm³/mol. The Bertz CT molecular complexity index is 666. The van der Waals surface area contributed by atoms with Gasteiger partial charge in [-0.1, -0.05) is 42.5 Å². The Kier molecular flexibility index (Phi) is 3.98. The quantitative estimate of drug-likeness (QED) is 0.941. The van der Waals surface area contributed by atoms with Gasteiger partial charge in [-0.2, -0.15) is 0 Å². The van der Waals surface area contributed by atoms with Gasteiger partial charge in [0.25, 0.3) is 0 Å². The van der Waals surface area contributed by atoms with Crippen LogP contribution in [0.3, 0.4) is 0 Å². The van der Waals surface area contributed by atoms with Crippen LogP contribution < -0.4 is 5.32 Å². The van der Waals surface area contributed by atoms with E-state index in [1.165, 1.54) is 16.8 Å². The van der Waals surface area contributed by atoms with Crippen molar-refractivity contribution in [3.63, 3.8) is 0 Å². The number of piperidine rings is 1. The minimum absolute atomic E-state index is 0.574. The molecule has 23 heavy (non-hydrogen) atoms. The highest BCUT2D eigenvalue weighted by Gasteiger charge is 2.46. The molecule has 5 rings (SSSR count). The number of piperazine rings is 1. The molecule has 1 unspecified atom stereocenters. The Hall–Kier alpha value is -1.97. The molecule has 2 aromatic rings. The lowest BCUT2D eigenvalue weighted by Crippen LogP contribution is -2.71. The van der Waals surface area contributed by atoms with Crippen LogP contribution in [0.2, 0.25) is 0 Å². The molecule has 3 aliphatic rings. The summed E-state index contributed by atoms with van der Waals surface area (Å²) in [6.45, 7) is 5.23. The average Bonchev–Trinajstić information content (AvgIpc) is 2.58. The van der Waals surface area contributed by atoms with E-state index in [0.717, 1.165) is 19.6 Å². The summed E-state index contributed by atoms with van der Waals surface area (Å²) in [7, 11) is 0. The fraction of sp³-hybridized carbons (Fsp3) is 0.350. The van der Waals surface area contributed by atoms with E-state index in [-0.39, 0.29) is 0 Å². The number of allylic oxidation sites excluding steroid dienone is 1. The second kappa shape index (κ2) is 6.26. The van der Waals surface area contributed by atoms with Crippen LogP contribution in [0, 0.1) is 0 Å². The van der Waals surface area contributed by atoms with Gasteiger partial charge in [-0.3, -0.25) is 9.88 Å². The van der Waals surface area contributed by atoms with E-state index in [2.05, 4.69) is 70.7 Å². The monoisotopic (exact) mass is 305 g/mol. The van der Waals surface area contributed by atoms with Crippen LogP contribution in [0.1, 0.15) is 29.7 Å². The van der Waals surface area contributed by atoms with Crippen molar-refractivity contribution in [1.82, 2.24) is 15.2 Å². The van der Waals surface area contributed by atoms with Gasteiger partial charge in [0.2, 0.25) is 0 Å². The minimum atomic E-state index is 0.574. The Balaban J connectivity index is 1.41. The molecule has 3 atom stereocenters. The van der Waals surface area contributed by atoms with E-state index in [1.807, 2.05) is 12.3 Å². The zero-order valence-electron chi connectivity index (χ0n) is 13.5. The van der Waals surface area contributed by atoms with Gasteiger partial charge >= 0.3 is 0 Å². The van der Waals surface area contributed by atoms with Gasteiger partial charge in [-0.15, -0.1) is 0 Å². The molecule has 1 N–H and O–H groups in total. The minimum Gasteiger partial charge on any atom is -0.307 e. The molecule has 0 saturated carbocycles. The lowest BCUT2D eigenvalue weighted by molar-refractivity contribution is 0.0463. The molecule has 4 heterocycles. The highest BCUT2D eigenvalue weighted by Crippen LogP contribution is 2.37. The number of nitrogens with one attached hydrogen (secondary N) is 1. The zero-order chi connectivity index (χ0) is 15.6. The number of hydrogen-bond donors (Lipinski definition) is 1. The third-order valence-electron chi connectivity index (χ3n) is 5.00. The first kappa shape index (κ1) is 14.6. The predicted octanol–water partition coefficient (Wildman–Crippen LogP) is 3.05. The molecular formula is C20H23N3. The normalized spacial score (nSPS) is 27.1. The number of aromatic nitrogens is 1. The Labute approximate surface area is 138 Å². The van der Waals surface area contributed by atoms with E-state index >= 15 is 0 Å². The summed E-state index contributed by atoms with van der Waals surface area (Å²) in [6, 6.07) is 16.4. The van der Waals surface area contributed by atoms with Gasteiger partial charge in [-0.25, -0.2) is 0 Å². The maximum absolute atomic E-state index is 4.45. The van der Waals surface area contributed by atoms with Crippen LogP contribution in [-0.2, 0) is 6.54 Å². The maximum atomic E-state index is 4.45. The number of rotatable bonds is 4. The number of pyridine rings is 1. The highest BCUT2D eigenvalue weighted by atomic mass is 15.3. The molecule has 2 bridgehead atoms. The summed E-state index contributed by atoms with van der Waals surface area (Å²) in [6.07, 6.45) is 6.12. The van der Waals surface area contributed by atoms with Crippen LogP contribution in [0.15, 0.2) is 54.7 Å². The van der Waals surface area contributed by atoms with E-state index in [4.69, 9.17) is 0 Å². The summed E-state index contributed by atoms with van der Waals surface area (Å²) in [5.74, 6) is 0.662. The van der Waals surface area contributed by atoms with E-state index < -0.39 is 0 Å². The van der Waals surface area contributed by atoms with E-state index in [1.54, 1.807) is 0 Å². The summed E-state index contributed by atoms with van der Waals surface area (Å²) in [5, 5.41) is 3.71. The second-order valence-electron chi connectivity index (χ2n) is 6.59. The van der Waals surface area contributed by atoms with Crippen LogP contribution in [0.4, 0.5) is 0 Å². The molecule has 3 nitrogen and oxygen atoms in total. The molecule has 0 radical (unpaired) electrons. The number of hydrogen-bond acceptors (Lipinski definition) is 3. The molecule has 118 valence electrons. The Morgan fingerprint density at radius 1 is 1.13 bits per heavy atom. The van der Waals surface area contributed by atoms with Gasteiger partial charge in [0.1, 0.15) is 0 Å². The first-order valence-electron chi connectivity index (χ1n) is 8.44. The summed E-state index contributed by atoms with van der Waals surface area (Å²) in [5.41, 5.74) is 3.93. The maximum Gasteiger partial charge on any atom is 0.0543 e. The molecule has 1 aromatic carbocycles. The van der Waals surface area contributed by atoms with Crippen molar-refractivity contribution < 1.29 is 0 Å². The fourth-order valence-corrected chi connectivity index (χ4v) is 3.94. The third kappa shape index (κ3) is 2.94. The van der Waals surface area contributed by atoms with Crippen LogP contribution >= 0.6 is 0 Å². The molecule has 3 aliphatic heterocycles. The lowest BCUT2D eigenvalue weighted by atomic mass is 9.74. The lowest BCUT2D eigenvalue weighted by Gasteiger charge is -2.55. The van der Waals surface area contributed by atoms with E-state index in [9.17, 15) is 0 Å². The standard InChI is InChI=1S/C20H23N3/c1-2-5-15-7-9-16(10-8-15)20-18-13-23(14-19(20)22-18)12-17-6-3-4-11-21-17/h2-11,18-20,22H,12-14H2,1H3/b5-2+/t18-,19+,20?. The van der Waals surface area contributed by atoms with Gasteiger partial charge in [-0.05, 0) is 30.2 Å². The third-order valence-corrected chi connectivity index (χ3v) is 5.00. The van der Waals surface area contributed by atoms with Crippen LogP contribution in [0.5, 0.6) is 0 Å². The van der Waals surface area contributed by atoms with Crippen molar-refractivity contribution in [2.45, 2.75) is 31.5 Å². The first-order chi connectivity index (χ1) is 11.3. The zero-order valence-corrected chi connectivity index (χ0v) is 13.5. The summed E-state index contributed by atoms with van der Waals surface area (Å²) < 4.78 is 0. The van der Waals surface area contributed by atoms with Gasteiger partial charge in [0, 0.05) is 43.8 Å². The molecule has 3 heteroatoms. The molecule has 0 amide bonds. The second-order valence-corrected chi connectivity index (χ2v) is 6.59. The van der Waals surface area contributed by atoms with Gasteiger partial charge in [0.05, 0.1) is 5.69 Å². The Morgan fingerprint density at radius 2 is 1.91 bits per heavy atom. The van der Waals surface area contributed by atoms with Crippen molar-refractivity contribution in [3.05, 3.63) is 71.6 Å². The average molecular weight is 305 g/mol. The van der Waals surface area contributed by atoms with Crippen molar-refractivity contribution in [2.75, 3.05) is 13.1 Å². The van der Waals surface area contributed by atoms with Crippen LogP contribution in [0.25, 0.3) is 6.08 Å². The van der Waals surface area contributed by atoms with Crippen molar-refractivity contribution in [2.24, 2.45) is 0 Å². The molecule has 1 aromatic heterocycles. The molecule has 0 spiro atoms. The summed E-state index contributed by atoms with van der Waals surface area (Å²) >= 11 is 0. The topological polar surface area (TPSA) is 28.2 Å². The number of benzene rings is 1. The van der Waals surface area contributed by atoms with Crippen molar-refractivity contribution in [3.8, 4) is 0 Å². The molecule has 3 saturated heterocycles.